The van der Waals surface area contributed by atoms with Crippen LogP contribution in [-0.2, 0) is 22.4 Å². The smallest absolute Gasteiger partial charge is 0.266 e. The largest absolute Gasteiger partial charge is 0.497 e. The first kappa shape index (κ1) is 34.7. The molecule has 0 fully saturated rings. The molecule has 4 aromatic carbocycles. The minimum absolute atomic E-state index is 0.0557. The van der Waals surface area contributed by atoms with E-state index in [9.17, 15) is 4.79 Å². The molecule has 0 bridgehead atoms. The molecular formula is C37H40BrN3O7. The van der Waals surface area contributed by atoms with E-state index in [1.807, 2.05) is 91.0 Å². The van der Waals surface area contributed by atoms with Crippen molar-refractivity contribution in [1.29, 1.82) is 0 Å². The fourth-order valence-corrected chi connectivity index (χ4v) is 5.97. The Bertz CT molecular complexity index is 1720. The second-order valence-electron chi connectivity index (χ2n) is 11.1. The van der Waals surface area contributed by atoms with Gasteiger partial charge in [-0.15, -0.1) is 0 Å². The molecule has 0 aromatic heterocycles. The van der Waals surface area contributed by atoms with E-state index in [-0.39, 0.29) is 18.9 Å². The van der Waals surface area contributed by atoms with Crippen molar-refractivity contribution >= 4 is 27.7 Å². The predicted octanol–water partition coefficient (Wildman–Crippen LogP) is 5.60. The molecule has 0 aliphatic carbocycles. The normalized spacial score (nSPS) is 16.9. The highest BCUT2D eigenvalue weighted by Crippen LogP contribution is 2.44. The van der Waals surface area contributed by atoms with Gasteiger partial charge in [-0.2, -0.15) is 0 Å². The number of carbonyl (C=O) groups excluding carboxylic acids is 1. The van der Waals surface area contributed by atoms with Crippen molar-refractivity contribution in [2.24, 2.45) is 4.99 Å². The van der Waals surface area contributed by atoms with E-state index < -0.39 is 11.6 Å². The molecule has 0 unspecified atom stereocenters. The predicted molar refractivity (Wildman–Crippen MR) is 187 cm³/mol. The molecule has 1 aliphatic heterocycles. The van der Waals surface area contributed by atoms with Crippen molar-refractivity contribution in [3.63, 3.8) is 0 Å². The quantitative estimate of drug-likeness (QED) is 0.101. The van der Waals surface area contributed by atoms with E-state index in [4.69, 9.17) is 33.8 Å². The van der Waals surface area contributed by atoms with Gasteiger partial charge < -0.3 is 28.8 Å². The summed E-state index contributed by atoms with van der Waals surface area (Å²) in [5, 5.41) is 9.09. The third kappa shape index (κ3) is 8.10. The van der Waals surface area contributed by atoms with Crippen molar-refractivity contribution in [2.75, 3.05) is 41.1 Å². The van der Waals surface area contributed by atoms with Crippen molar-refractivity contribution < 1.29 is 33.6 Å². The second kappa shape index (κ2) is 16.5. The maximum atomic E-state index is 14.5. The molecule has 4 aromatic rings. The molecule has 11 heteroatoms. The molecular weight excluding hydrogens is 678 g/mol. The van der Waals surface area contributed by atoms with Crippen LogP contribution in [0.1, 0.15) is 34.8 Å². The number of rotatable bonds is 16. The number of hydrogen-bond donors (Lipinski definition) is 3. The highest BCUT2D eigenvalue weighted by atomic mass is 79.9. The van der Waals surface area contributed by atoms with Crippen LogP contribution in [-0.4, -0.2) is 63.5 Å². The number of hydrogen-bond acceptors (Lipinski definition) is 9. The standard InChI is InChI=1S/C37H40BrN3O7/c1-44-30-10-6-9-27(23-30)34-37(24-28-8-4-5-11-32(28)38,40-35(48-34)25-12-14-29(15-13-25)47-21-7-20-42)36(43)41-39-19-18-26-22-31(45-2)16-17-33(26)46-3/h4-6,8-17,22-23,34,39,42H,7,18-21,24H2,1-3H3,(H,41,43)/t34-,37-/m0/s1. The number of benzene rings is 4. The van der Waals surface area contributed by atoms with Gasteiger partial charge in [0.2, 0.25) is 5.90 Å². The summed E-state index contributed by atoms with van der Waals surface area (Å²) in [4.78, 5) is 19.6. The number of methoxy groups -OCH3 is 3. The topological polar surface area (TPSA) is 120 Å². The number of hydrazine groups is 1. The molecule has 5 rings (SSSR count). The molecule has 2 atom stereocenters. The van der Waals surface area contributed by atoms with Gasteiger partial charge in [0.05, 0.1) is 27.9 Å². The van der Waals surface area contributed by atoms with Crippen molar-refractivity contribution in [1.82, 2.24) is 10.9 Å². The zero-order valence-electron chi connectivity index (χ0n) is 27.2. The summed E-state index contributed by atoms with van der Waals surface area (Å²) in [5.74, 6) is 2.71. The molecule has 48 heavy (non-hydrogen) atoms. The van der Waals surface area contributed by atoms with Crippen LogP contribution in [0.5, 0.6) is 23.0 Å². The first-order chi connectivity index (χ1) is 23.4. The Balaban J connectivity index is 1.49. The molecule has 0 radical (unpaired) electrons. The number of nitrogens with zero attached hydrogens (tertiary/aromatic N) is 1. The van der Waals surface area contributed by atoms with Gasteiger partial charge in [-0.3, -0.25) is 10.2 Å². The van der Waals surface area contributed by atoms with E-state index in [0.29, 0.717) is 49.0 Å². The number of aliphatic hydroxyl groups is 1. The Kier molecular flexibility index (Phi) is 11.9. The van der Waals surface area contributed by atoms with Gasteiger partial charge in [0.1, 0.15) is 23.0 Å². The van der Waals surface area contributed by atoms with Crippen LogP contribution in [0.15, 0.2) is 100 Å². The number of nitrogens with one attached hydrogen (secondary N) is 2. The number of amides is 1. The molecule has 3 N–H and O–H groups in total. The van der Waals surface area contributed by atoms with Crippen LogP contribution < -0.4 is 29.8 Å². The average Bonchev–Trinajstić information content (AvgIpc) is 3.51. The zero-order valence-corrected chi connectivity index (χ0v) is 28.8. The summed E-state index contributed by atoms with van der Waals surface area (Å²) in [6, 6.07) is 28.2. The first-order valence-corrected chi connectivity index (χ1v) is 16.4. The lowest BCUT2D eigenvalue weighted by Crippen LogP contribution is -2.54. The number of halogens is 1. The van der Waals surface area contributed by atoms with Gasteiger partial charge in [-0.05, 0) is 83.8 Å². The Morgan fingerprint density at radius 1 is 0.896 bits per heavy atom. The summed E-state index contributed by atoms with van der Waals surface area (Å²) < 4.78 is 29.7. The van der Waals surface area contributed by atoms with Gasteiger partial charge in [-0.1, -0.05) is 46.3 Å². The van der Waals surface area contributed by atoms with Crippen LogP contribution in [0, 0.1) is 0 Å². The number of ether oxygens (including phenoxy) is 5. The Morgan fingerprint density at radius 3 is 2.38 bits per heavy atom. The fraction of sp³-hybridized carbons (Fsp3) is 0.297. The van der Waals surface area contributed by atoms with E-state index in [0.717, 1.165) is 32.7 Å². The third-order valence-corrected chi connectivity index (χ3v) is 8.83. The molecule has 10 nitrogen and oxygen atoms in total. The maximum Gasteiger partial charge on any atom is 0.266 e. The molecule has 252 valence electrons. The maximum absolute atomic E-state index is 14.5. The second-order valence-corrected chi connectivity index (χ2v) is 12.0. The van der Waals surface area contributed by atoms with Gasteiger partial charge in [-0.25, -0.2) is 10.4 Å². The minimum atomic E-state index is -1.41. The zero-order chi connectivity index (χ0) is 33.9. The highest BCUT2D eigenvalue weighted by molar-refractivity contribution is 9.10. The summed E-state index contributed by atoms with van der Waals surface area (Å²) in [7, 11) is 4.84. The van der Waals surface area contributed by atoms with Crippen molar-refractivity contribution in [3.05, 3.63) is 118 Å². The SMILES string of the molecule is COc1cccc([C@@H]2OC(c3ccc(OCCCO)cc3)=N[C@]2(Cc2ccccc2Br)C(=O)NNCCc2cc(OC)ccc2OC)c1. The molecule has 0 spiro atoms. The molecule has 1 aliphatic rings. The molecule has 0 saturated carbocycles. The first-order valence-electron chi connectivity index (χ1n) is 15.6. The molecule has 1 amide bonds. The Morgan fingerprint density at radius 2 is 1.65 bits per heavy atom. The monoisotopic (exact) mass is 717 g/mol. The van der Waals surface area contributed by atoms with Crippen molar-refractivity contribution in [3.8, 4) is 23.0 Å². The van der Waals surface area contributed by atoms with Gasteiger partial charge in [0, 0.05) is 36.0 Å². The lowest BCUT2D eigenvalue weighted by Gasteiger charge is -2.31. The lowest BCUT2D eigenvalue weighted by molar-refractivity contribution is -0.130. The van der Waals surface area contributed by atoms with Crippen LogP contribution >= 0.6 is 15.9 Å². The molecule has 0 saturated heterocycles. The van der Waals surface area contributed by atoms with Gasteiger partial charge >= 0.3 is 0 Å². The minimum Gasteiger partial charge on any atom is -0.497 e. The average molecular weight is 719 g/mol. The Hall–Kier alpha value is -4.58. The Labute approximate surface area is 289 Å². The van der Waals surface area contributed by atoms with Crippen LogP contribution in [0.3, 0.4) is 0 Å². The lowest BCUT2D eigenvalue weighted by atomic mass is 9.82. The van der Waals surface area contributed by atoms with Gasteiger partial charge in [0.15, 0.2) is 11.6 Å². The van der Waals surface area contributed by atoms with Crippen LogP contribution in [0.2, 0.25) is 0 Å². The number of aliphatic imine (C=N–C) groups is 1. The fourth-order valence-electron chi connectivity index (χ4n) is 5.54. The van der Waals surface area contributed by atoms with E-state index in [1.165, 1.54) is 0 Å². The van der Waals surface area contributed by atoms with E-state index in [1.54, 1.807) is 21.3 Å². The molecule has 1 heterocycles. The third-order valence-electron chi connectivity index (χ3n) is 8.05. The highest BCUT2D eigenvalue weighted by Gasteiger charge is 2.53. The number of aliphatic hydroxyl groups excluding tert-OH is 1. The summed E-state index contributed by atoms with van der Waals surface area (Å²) in [5.41, 5.74) is 7.90. The van der Waals surface area contributed by atoms with Crippen LogP contribution in [0.25, 0.3) is 0 Å². The van der Waals surface area contributed by atoms with Crippen molar-refractivity contribution in [2.45, 2.75) is 30.9 Å². The summed E-state index contributed by atoms with van der Waals surface area (Å²) in [6.07, 6.45) is 0.539. The van der Waals surface area contributed by atoms with Gasteiger partial charge in [0.25, 0.3) is 5.91 Å². The van der Waals surface area contributed by atoms with E-state index >= 15 is 0 Å². The number of carbonyl (C=O) groups is 1. The van der Waals surface area contributed by atoms with E-state index in [2.05, 4.69) is 26.8 Å². The van der Waals surface area contributed by atoms with Crippen LogP contribution in [0.4, 0.5) is 0 Å². The summed E-state index contributed by atoms with van der Waals surface area (Å²) >= 11 is 3.68. The summed E-state index contributed by atoms with van der Waals surface area (Å²) in [6.45, 7) is 0.873.